The highest BCUT2D eigenvalue weighted by atomic mass is 35.5. The summed E-state index contributed by atoms with van der Waals surface area (Å²) in [6.45, 7) is 0.796. The number of carbonyl (C=O) groups excluding carboxylic acids is 2. The van der Waals surface area contributed by atoms with Gasteiger partial charge in [-0.25, -0.2) is 12.8 Å². The molecule has 1 saturated carbocycles. The van der Waals surface area contributed by atoms with Gasteiger partial charge in [-0.3, -0.25) is 9.59 Å². The molecule has 2 aromatic rings. The fraction of sp³-hybridized carbons (Fsp3) is 0.478. The molecule has 0 radical (unpaired) electrons. The summed E-state index contributed by atoms with van der Waals surface area (Å²) in [5.41, 5.74) is 0.205. The van der Waals surface area contributed by atoms with Crippen molar-refractivity contribution in [1.82, 2.24) is 14.8 Å². The van der Waals surface area contributed by atoms with Gasteiger partial charge in [0.05, 0.1) is 4.75 Å². The molecule has 7 nitrogen and oxygen atoms in total. The van der Waals surface area contributed by atoms with Crippen LogP contribution in [0.2, 0.25) is 5.02 Å². The Morgan fingerprint density at radius 3 is 2.31 bits per heavy atom. The van der Waals surface area contributed by atoms with Crippen LogP contribution in [0.5, 0.6) is 0 Å². The molecule has 0 unspecified atom stereocenters. The lowest BCUT2D eigenvalue weighted by Gasteiger charge is -2.36. The van der Waals surface area contributed by atoms with Crippen molar-refractivity contribution in [3.63, 3.8) is 0 Å². The zero-order valence-electron chi connectivity index (χ0n) is 19.5. The first-order valence-corrected chi connectivity index (χ1v) is 13.0. The molecule has 0 atom stereocenters. The van der Waals surface area contributed by atoms with Crippen LogP contribution in [0.1, 0.15) is 53.2 Å². The Labute approximate surface area is 210 Å². The topological polar surface area (TPSA) is 88.5 Å². The Morgan fingerprint density at radius 2 is 1.75 bits per heavy atom. The van der Waals surface area contributed by atoms with E-state index < -0.39 is 49.7 Å². The van der Waals surface area contributed by atoms with Gasteiger partial charge >= 0.3 is 6.18 Å². The van der Waals surface area contributed by atoms with Crippen molar-refractivity contribution in [3.8, 4) is 0 Å². The third-order valence-corrected chi connectivity index (χ3v) is 10.4. The number of sulfone groups is 1. The van der Waals surface area contributed by atoms with E-state index in [0.717, 1.165) is 16.5 Å². The number of amides is 2. The third kappa shape index (κ3) is 4.27. The van der Waals surface area contributed by atoms with Crippen LogP contribution in [0.15, 0.2) is 30.3 Å². The lowest BCUT2D eigenvalue weighted by Crippen LogP contribution is -2.55. The number of benzene rings is 1. The van der Waals surface area contributed by atoms with Crippen LogP contribution >= 0.6 is 11.6 Å². The Kier molecular flexibility index (Phi) is 6.44. The van der Waals surface area contributed by atoms with E-state index in [-0.39, 0.29) is 43.9 Å². The number of nitrogens with one attached hydrogen (secondary N) is 1. The number of halogens is 5. The smallest absolute Gasteiger partial charge is 0.347 e. The maximum Gasteiger partial charge on any atom is 0.407 e. The molecule has 1 aliphatic heterocycles. The minimum absolute atomic E-state index is 0.00759. The molecule has 36 heavy (non-hydrogen) atoms. The molecule has 2 heterocycles. The first kappa shape index (κ1) is 26.5. The summed E-state index contributed by atoms with van der Waals surface area (Å²) in [7, 11) is -4.71. The maximum atomic E-state index is 14.7. The summed E-state index contributed by atoms with van der Waals surface area (Å²) in [5.74, 6) is -2.42. The van der Waals surface area contributed by atoms with E-state index >= 15 is 0 Å². The van der Waals surface area contributed by atoms with Crippen LogP contribution in [0.4, 0.5) is 17.6 Å². The molecule has 1 fully saturated rings. The highest BCUT2D eigenvalue weighted by molar-refractivity contribution is 7.94. The second-order valence-corrected chi connectivity index (χ2v) is 12.9. The van der Waals surface area contributed by atoms with Gasteiger partial charge in [-0.2, -0.15) is 13.2 Å². The van der Waals surface area contributed by atoms with Gasteiger partial charge in [0.15, 0.2) is 20.4 Å². The molecule has 1 aromatic heterocycles. The van der Waals surface area contributed by atoms with Crippen LogP contribution < -0.4 is 5.32 Å². The van der Waals surface area contributed by atoms with Gasteiger partial charge in [-0.15, -0.1) is 0 Å². The molecule has 2 aliphatic rings. The minimum atomic E-state index is -4.99. The van der Waals surface area contributed by atoms with E-state index in [4.69, 9.17) is 11.6 Å². The Bertz CT molecular complexity index is 1320. The van der Waals surface area contributed by atoms with Crippen molar-refractivity contribution >= 4 is 33.3 Å². The second kappa shape index (κ2) is 8.76. The van der Waals surface area contributed by atoms with E-state index in [0.29, 0.717) is 18.9 Å². The predicted molar refractivity (Wildman–Crippen MR) is 124 cm³/mol. The van der Waals surface area contributed by atoms with Crippen LogP contribution in [0, 0.1) is 5.82 Å². The van der Waals surface area contributed by atoms with Crippen LogP contribution in [0.25, 0.3) is 0 Å². The molecule has 2 amide bonds. The summed E-state index contributed by atoms with van der Waals surface area (Å²) >= 11 is 5.83. The maximum absolute atomic E-state index is 14.7. The molecule has 0 bridgehead atoms. The van der Waals surface area contributed by atoms with Crippen molar-refractivity contribution in [1.29, 1.82) is 0 Å². The monoisotopic (exact) mass is 549 g/mol. The number of rotatable bonds is 7. The SMILES string of the molecule is CC(C)(C(F)(F)F)S(=O)(=O)C1(CN2CCn3c(cc(F)c3C(=O)NCc3ccc(Cl)cc3)C2=O)CC1. The number of aromatic nitrogens is 1. The van der Waals surface area contributed by atoms with E-state index in [1.807, 2.05) is 0 Å². The first-order valence-electron chi connectivity index (χ1n) is 11.1. The molecule has 4 rings (SSSR count). The fourth-order valence-electron chi connectivity index (χ4n) is 4.35. The number of alkyl halides is 3. The second-order valence-electron chi connectivity index (χ2n) is 9.61. The average molecular weight is 550 g/mol. The highest BCUT2D eigenvalue weighted by Gasteiger charge is 2.68. The predicted octanol–water partition coefficient (Wildman–Crippen LogP) is 3.95. The van der Waals surface area contributed by atoms with Crippen LogP contribution in [0.3, 0.4) is 0 Å². The average Bonchev–Trinajstić information content (AvgIpc) is 3.50. The van der Waals surface area contributed by atoms with Crippen molar-refractivity contribution in [2.45, 2.75) is 55.4 Å². The van der Waals surface area contributed by atoms with Gasteiger partial charge in [0.25, 0.3) is 11.8 Å². The summed E-state index contributed by atoms with van der Waals surface area (Å²) in [6, 6.07) is 7.54. The molecule has 0 spiro atoms. The summed E-state index contributed by atoms with van der Waals surface area (Å²) in [5, 5.41) is 3.10. The molecule has 1 aliphatic carbocycles. The fourth-order valence-corrected chi connectivity index (χ4v) is 6.83. The largest absolute Gasteiger partial charge is 0.407 e. The quantitative estimate of drug-likeness (QED) is 0.530. The number of nitrogens with zero attached hydrogens (tertiary/aromatic N) is 2. The van der Waals surface area contributed by atoms with Gasteiger partial charge in [0.2, 0.25) is 0 Å². The Balaban J connectivity index is 1.52. The molecule has 1 N–H and O–H groups in total. The number of fused-ring (bicyclic) bond motifs is 1. The Morgan fingerprint density at radius 1 is 1.14 bits per heavy atom. The minimum Gasteiger partial charge on any atom is -0.347 e. The first-order chi connectivity index (χ1) is 16.6. The molecular formula is C23H24ClF4N3O4S. The van der Waals surface area contributed by atoms with Gasteiger partial charge in [-0.1, -0.05) is 23.7 Å². The number of hydrogen-bond acceptors (Lipinski definition) is 4. The van der Waals surface area contributed by atoms with E-state index in [1.165, 1.54) is 4.57 Å². The number of hydrogen-bond donors (Lipinski definition) is 1. The van der Waals surface area contributed by atoms with Gasteiger partial charge in [0, 0.05) is 37.3 Å². The zero-order valence-corrected chi connectivity index (χ0v) is 21.0. The lowest BCUT2D eigenvalue weighted by atomic mass is 10.2. The van der Waals surface area contributed by atoms with E-state index in [2.05, 4.69) is 5.32 Å². The standard InChI is InChI=1S/C23H24ClF4N3O4S/c1-21(2,23(26,27)28)36(34,35)22(7-8-22)13-30-9-10-31-17(20(30)33)11-16(25)18(31)19(32)29-12-14-3-5-15(24)6-4-14/h3-6,11H,7-10,12-13H2,1-2H3,(H,29,32). The third-order valence-electron chi connectivity index (χ3n) is 6.94. The van der Waals surface area contributed by atoms with Crippen LogP contribution in [-0.4, -0.2) is 58.5 Å². The molecule has 196 valence electrons. The Hall–Kier alpha value is -2.60. The van der Waals surface area contributed by atoms with Gasteiger partial charge < -0.3 is 14.8 Å². The summed E-state index contributed by atoms with van der Waals surface area (Å²) in [4.78, 5) is 26.9. The van der Waals surface area contributed by atoms with E-state index in [9.17, 15) is 35.6 Å². The van der Waals surface area contributed by atoms with Crippen molar-refractivity contribution in [3.05, 3.63) is 58.1 Å². The summed E-state index contributed by atoms with van der Waals surface area (Å²) < 4.78 is 77.7. The van der Waals surface area contributed by atoms with Gasteiger partial charge in [-0.05, 0) is 44.4 Å². The van der Waals surface area contributed by atoms with Crippen LogP contribution in [-0.2, 0) is 22.9 Å². The van der Waals surface area contributed by atoms with Crippen molar-refractivity contribution in [2.24, 2.45) is 0 Å². The highest BCUT2D eigenvalue weighted by Crippen LogP contribution is 2.52. The molecule has 1 aromatic carbocycles. The number of carbonyl (C=O) groups is 2. The molecule has 13 heteroatoms. The summed E-state index contributed by atoms with van der Waals surface area (Å²) in [6.07, 6.45) is -5.00. The lowest BCUT2D eigenvalue weighted by molar-refractivity contribution is -0.153. The van der Waals surface area contributed by atoms with E-state index in [1.54, 1.807) is 24.3 Å². The molecular weight excluding hydrogens is 526 g/mol. The van der Waals surface area contributed by atoms with Crippen molar-refractivity contribution in [2.75, 3.05) is 13.1 Å². The normalized spacial score (nSPS) is 17.6. The molecule has 0 saturated heterocycles. The zero-order chi connectivity index (χ0) is 26.7. The van der Waals surface area contributed by atoms with Crippen molar-refractivity contribution < 1.29 is 35.6 Å². The van der Waals surface area contributed by atoms with Gasteiger partial charge in [0.1, 0.15) is 11.4 Å².